The average Bonchev–Trinajstić information content (AvgIpc) is 2.76. The topological polar surface area (TPSA) is 43.8 Å². The number of nitrogens with zero attached hydrogens (tertiary/aromatic N) is 2. The molecule has 0 aliphatic carbocycles. The number of nitrogen functional groups attached to an aromatic ring is 1. The van der Waals surface area contributed by atoms with E-state index < -0.39 is 11.7 Å². The second-order valence-corrected chi connectivity index (χ2v) is 4.33. The van der Waals surface area contributed by atoms with Crippen LogP contribution in [0.25, 0.3) is 11.1 Å². The fraction of sp³-hybridized carbons (Fsp3) is 0.308. The van der Waals surface area contributed by atoms with Crippen LogP contribution in [-0.4, -0.2) is 9.78 Å². The van der Waals surface area contributed by atoms with E-state index in [4.69, 9.17) is 5.73 Å². The Morgan fingerprint density at radius 2 is 1.95 bits per heavy atom. The summed E-state index contributed by atoms with van der Waals surface area (Å²) in [4.78, 5) is 0. The van der Waals surface area contributed by atoms with Crippen LogP contribution in [0.1, 0.15) is 18.9 Å². The van der Waals surface area contributed by atoms with Gasteiger partial charge in [0, 0.05) is 24.0 Å². The molecule has 3 nitrogen and oxygen atoms in total. The number of aromatic nitrogens is 2. The summed E-state index contributed by atoms with van der Waals surface area (Å²) in [6, 6.07) is 3.53. The molecule has 0 amide bonds. The Morgan fingerprint density at radius 1 is 1.21 bits per heavy atom. The number of alkyl halides is 3. The summed E-state index contributed by atoms with van der Waals surface area (Å²) < 4.78 is 39.8. The van der Waals surface area contributed by atoms with E-state index in [0.717, 1.165) is 25.1 Å². The van der Waals surface area contributed by atoms with E-state index >= 15 is 0 Å². The van der Waals surface area contributed by atoms with Gasteiger partial charge in [0.1, 0.15) is 0 Å². The first-order valence-corrected chi connectivity index (χ1v) is 5.90. The molecule has 0 bridgehead atoms. The monoisotopic (exact) mass is 269 g/mol. The predicted octanol–water partition coefficient (Wildman–Crippen LogP) is 3.56. The molecule has 0 unspecified atom stereocenters. The number of hydrogen-bond acceptors (Lipinski definition) is 2. The summed E-state index contributed by atoms with van der Waals surface area (Å²) in [5.74, 6) is 0. The van der Waals surface area contributed by atoms with Crippen LogP contribution in [0, 0.1) is 0 Å². The van der Waals surface area contributed by atoms with Crippen molar-refractivity contribution in [2.75, 3.05) is 5.73 Å². The van der Waals surface area contributed by atoms with Gasteiger partial charge in [0.05, 0.1) is 11.8 Å². The maximum Gasteiger partial charge on any atom is 0.416 e. The fourth-order valence-corrected chi connectivity index (χ4v) is 1.85. The molecule has 19 heavy (non-hydrogen) atoms. The lowest BCUT2D eigenvalue weighted by molar-refractivity contribution is -0.137. The first-order valence-electron chi connectivity index (χ1n) is 5.90. The van der Waals surface area contributed by atoms with E-state index in [-0.39, 0.29) is 5.69 Å². The quantitative estimate of drug-likeness (QED) is 0.866. The largest absolute Gasteiger partial charge is 0.416 e. The molecule has 1 aromatic carbocycles. The van der Waals surface area contributed by atoms with Crippen LogP contribution < -0.4 is 5.73 Å². The van der Waals surface area contributed by atoms with Crippen LogP contribution in [0.15, 0.2) is 30.6 Å². The summed E-state index contributed by atoms with van der Waals surface area (Å²) in [5, 5.41) is 4.10. The smallest absolute Gasteiger partial charge is 0.399 e. The van der Waals surface area contributed by atoms with Gasteiger partial charge >= 0.3 is 6.18 Å². The molecule has 0 radical (unpaired) electrons. The predicted molar refractivity (Wildman–Crippen MR) is 67.4 cm³/mol. The van der Waals surface area contributed by atoms with E-state index in [9.17, 15) is 13.2 Å². The summed E-state index contributed by atoms with van der Waals surface area (Å²) >= 11 is 0. The van der Waals surface area contributed by atoms with E-state index in [2.05, 4.69) is 5.10 Å². The van der Waals surface area contributed by atoms with Gasteiger partial charge in [-0.2, -0.15) is 18.3 Å². The Labute approximate surface area is 108 Å². The molecule has 2 N–H and O–H groups in total. The van der Waals surface area contributed by atoms with E-state index in [1.807, 2.05) is 6.92 Å². The van der Waals surface area contributed by atoms with Crippen molar-refractivity contribution in [1.82, 2.24) is 9.78 Å². The second kappa shape index (κ2) is 4.95. The van der Waals surface area contributed by atoms with Gasteiger partial charge in [-0.1, -0.05) is 6.92 Å². The molecular formula is C13H14F3N3. The van der Waals surface area contributed by atoms with Crippen molar-refractivity contribution >= 4 is 5.69 Å². The van der Waals surface area contributed by atoms with Gasteiger partial charge in [-0.3, -0.25) is 4.68 Å². The van der Waals surface area contributed by atoms with Crippen molar-refractivity contribution in [3.8, 4) is 11.1 Å². The first kappa shape index (κ1) is 13.5. The van der Waals surface area contributed by atoms with Gasteiger partial charge in [-0.05, 0) is 30.2 Å². The van der Waals surface area contributed by atoms with Gasteiger partial charge in [0.2, 0.25) is 0 Å². The highest BCUT2D eigenvalue weighted by molar-refractivity contribution is 5.67. The number of aryl methyl sites for hydroxylation is 1. The molecule has 1 heterocycles. The van der Waals surface area contributed by atoms with Crippen LogP contribution in [0.4, 0.5) is 18.9 Å². The summed E-state index contributed by atoms with van der Waals surface area (Å²) in [6.07, 6.45) is -0.224. The lowest BCUT2D eigenvalue weighted by atomic mass is 10.0. The zero-order valence-corrected chi connectivity index (χ0v) is 10.4. The number of hydrogen-bond donors (Lipinski definition) is 1. The van der Waals surface area contributed by atoms with Gasteiger partial charge in [0.15, 0.2) is 0 Å². The molecule has 102 valence electrons. The first-order chi connectivity index (χ1) is 8.90. The highest BCUT2D eigenvalue weighted by atomic mass is 19.4. The van der Waals surface area contributed by atoms with E-state index in [1.165, 1.54) is 6.07 Å². The third-order valence-corrected chi connectivity index (χ3v) is 2.70. The third kappa shape index (κ3) is 3.07. The van der Waals surface area contributed by atoms with Gasteiger partial charge in [-0.25, -0.2) is 0 Å². The highest BCUT2D eigenvalue weighted by Gasteiger charge is 2.31. The fourth-order valence-electron chi connectivity index (χ4n) is 1.85. The van der Waals surface area contributed by atoms with Crippen molar-refractivity contribution in [2.45, 2.75) is 26.1 Å². The molecule has 0 aliphatic heterocycles. The van der Waals surface area contributed by atoms with Crippen LogP contribution >= 0.6 is 0 Å². The molecule has 0 fully saturated rings. The molecule has 0 saturated heterocycles. The zero-order chi connectivity index (χ0) is 14.0. The third-order valence-electron chi connectivity index (χ3n) is 2.70. The molecular weight excluding hydrogens is 255 g/mol. The molecule has 6 heteroatoms. The molecule has 0 atom stereocenters. The van der Waals surface area contributed by atoms with Gasteiger partial charge in [0.25, 0.3) is 0 Å². The number of halogens is 3. The minimum Gasteiger partial charge on any atom is -0.399 e. The standard InChI is InChI=1S/C13H14F3N3/c1-2-3-19-8-10(7-18-19)9-4-11(13(14,15)16)6-12(17)5-9/h4-8H,2-3,17H2,1H3. The van der Waals surface area contributed by atoms with Gasteiger partial charge < -0.3 is 5.73 Å². The van der Waals surface area contributed by atoms with Crippen molar-refractivity contribution in [3.63, 3.8) is 0 Å². The lowest BCUT2D eigenvalue weighted by Crippen LogP contribution is -2.05. The zero-order valence-electron chi connectivity index (χ0n) is 10.4. The number of anilines is 1. The Kier molecular flexibility index (Phi) is 3.50. The van der Waals surface area contributed by atoms with E-state index in [1.54, 1.807) is 17.1 Å². The Morgan fingerprint density at radius 3 is 2.58 bits per heavy atom. The summed E-state index contributed by atoms with van der Waals surface area (Å²) in [7, 11) is 0. The van der Waals surface area contributed by atoms with Crippen molar-refractivity contribution < 1.29 is 13.2 Å². The number of rotatable bonds is 3. The Hall–Kier alpha value is -1.98. The van der Waals surface area contributed by atoms with Crippen LogP contribution in [0.5, 0.6) is 0 Å². The molecule has 0 spiro atoms. The molecule has 0 saturated carbocycles. The molecule has 2 aromatic rings. The summed E-state index contributed by atoms with van der Waals surface area (Å²) in [5.41, 5.74) is 5.93. The molecule has 1 aromatic heterocycles. The maximum absolute atomic E-state index is 12.7. The second-order valence-electron chi connectivity index (χ2n) is 4.33. The Bertz CT molecular complexity index is 573. The highest BCUT2D eigenvalue weighted by Crippen LogP contribution is 2.34. The minimum atomic E-state index is -4.40. The molecule has 2 rings (SSSR count). The van der Waals surface area contributed by atoms with Crippen molar-refractivity contribution in [2.24, 2.45) is 0 Å². The van der Waals surface area contributed by atoms with Gasteiger partial charge in [-0.15, -0.1) is 0 Å². The normalized spacial score (nSPS) is 11.8. The maximum atomic E-state index is 12.7. The summed E-state index contributed by atoms with van der Waals surface area (Å²) in [6.45, 7) is 2.73. The minimum absolute atomic E-state index is 0.0908. The Balaban J connectivity index is 2.41. The van der Waals surface area contributed by atoms with Crippen LogP contribution in [-0.2, 0) is 12.7 Å². The van der Waals surface area contributed by atoms with Crippen molar-refractivity contribution in [3.05, 3.63) is 36.2 Å². The lowest BCUT2D eigenvalue weighted by Gasteiger charge is -2.09. The van der Waals surface area contributed by atoms with E-state index in [0.29, 0.717) is 11.1 Å². The number of nitrogens with two attached hydrogens (primary N) is 1. The average molecular weight is 269 g/mol. The SMILES string of the molecule is CCCn1cc(-c2cc(N)cc(C(F)(F)F)c2)cn1. The van der Waals surface area contributed by atoms with Crippen LogP contribution in [0.2, 0.25) is 0 Å². The van der Waals surface area contributed by atoms with Crippen molar-refractivity contribution in [1.29, 1.82) is 0 Å². The number of benzene rings is 1. The van der Waals surface area contributed by atoms with Crippen LogP contribution in [0.3, 0.4) is 0 Å². The molecule has 0 aliphatic rings.